The Morgan fingerprint density at radius 2 is 2.05 bits per heavy atom. The molecule has 7 heteroatoms. The molecular weight excluding hydrogens is 304 g/mol. The van der Waals surface area contributed by atoms with Gasteiger partial charge in [-0.2, -0.15) is 0 Å². The van der Waals surface area contributed by atoms with Gasteiger partial charge in [0.05, 0.1) is 0 Å². The lowest BCUT2D eigenvalue weighted by atomic mass is 9.88. The molecule has 2 atom stereocenters. The molecule has 5 nitrogen and oxygen atoms in total. The molecule has 0 aromatic carbocycles. The molecule has 0 saturated heterocycles. The molecule has 0 N–H and O–H groups in total. The Morgan fingerprint density at radius 3 is 2.60 bits per heavy atom. The monoisotopic (exact) mass is 320 g/mol. The predicted octanol–water partition coefficient (Wildman–Crippen LogP) is 3.25. The molecule has 1 fully saturated rings. The van der Waals surface area contributed by atoms with E-state index in [1.165, 1.54) is 6.92 Å². The second-order valence-electron chi connectivity index (χ2n) is 5.17. The molecule has 0 amide bonds. The third-order valence-corrected chi connectivity index (χ3v) is 5.06. The van der Waals surface area contributed by atoms with Gasteiger partial charge in [-0.05, 0) is 32.1 Å². The largest absolute Gasteiger partial charge is 0.456 e. The van der Waals surface area contributed by atoms with Crippen LogP contribution in [0.15, 0.2) is 15.4 Å². The second kappa shape index (κ2) is 5.77. The molecule has 2 unspecified atom stereocenters. The van der Waals surface area contributed by atoms with Crippen molar-refractivity contribution < 1.29 is 22.4 Å². The van der Waals surface area contributed by atoms with Gasteiger partial charge in [0.25, 0.3) is 9.05 Å². The zero-order valence-corrected chi connectivity index (χ0v) is 13.0. The van der Waals surface area contributed by atoms with Gasteiger partial charge in [0.15, 0.2) is 0 Å². The minimum absolute atomic E-state index is 0.0867. The van der Waals surface area contributed by atoms with Crippen molar-refractivity contribution in [3.8, 4) is 0 Å². The molecular formula is C13H17ClO5S. The highest BCUT2D eigenvalue weighted by Gasteiger charge is 2.28. The third-order valence-electron chi connectivity index (χ3n) is 3.63. The lowest BCUT2D eigenvalue weighted by molar-refractivity contribution is 0.00164. The Labute approximate surface area is 122 Å². The van der Waals surface area contributed by atoms with Crippen molar-refractivity contribution in [1.82, 2.24) is 0 Å². The Morgan fingerprint density at radius 1 is 1.40 bits per heavy atom. The minimum atomic E-state index is -3.92. The van der Waals surface area contributed by atoms with E-state index in [1.54, 1.807) is 0 Å². The highest BCUT2D eigenvalue weighted by Crippen LogP contribution is 2.28. The van der Waals surface area contributed by atoms with Crippen LogP contribution in [0.3, 0.4) is 0 Å². The van der Waals surface area contributed by atoms with Gasteiger partial charge in [-0.25, -0.2) is 13.2 Å². The molecule has 0 bridgehead atoms. The molecule has 1 aromatic heterocycles. The van der Waals surface area contributed by atoms with Crippen LogP contribution < -0.4 is 0 Å². The lowest BCUT2D eigenvalue weighted by Gasteiger charge is -2.27. The molecule has 1 aliphatic rings. The Balaban J connectivity index is 2.14. The summed E-state index contributed by atoms with van der Waals surface area (Å²) in [6.07, 6.45) is 3.88. The molecule has 1 aliphatic carbocycles. The number of aryl methyl sites for hydroxylation is 1. The van der Waals surface area contributed by atoms with Gasteiger partial charge in [0, 0.05) is 16.7 Å². The highest BCUT2D eigenvalue weighted by atomic mass is 35.7. The standard InChI is InChI=1S/C13H17ClO5S/c1-8-5-3-4-6-10(8)19-13(15)11-7-12(9(2)18-11)20(14,16)17/h7-8,10H,3-6H2,1-2H3. The molecule has 0 aliphatic heterocycles. The average molecular weight is 321 g/mol. The van der Waals surface area contributed by atoms with E-state index in [0.29, 0.717) is 5.92 Å². The first-order valence-electron chi connectivity index (χ1n) is 6.55. The number of hydrogen-bond donors (Lipinski definition) is 0. The van der Waals surface area contributed by atoms with E-state index < -0.39 is 15.0 Å². The number of furan rings is 1. The van der Waals surface area contributed by atoms with E-state index >= 15 is 0 Å². The molecule has 0 spiro atoms. The average Bonchev–Trinajstić information content (AvgIpc) is 2.74. The van der Waals surface area contributed by atoms with Crippen LogP contribution in [0.2, 0.25) is 0 Å². The molecule has 20 heavy (non-hydrogen) atoms. The summed E-state index contributed by atoms with van der Waals surface area (Å²) < 4.78 is 33.1. The van der Waals surface area contributed by atoms with E-state index in [4.69, 9.17) is 19.8 Å². The fraction of sp³-hybridized carbons (Fsp3) is 0.615. The molecule has 1 aromatic rings. The smallest absolute Gasteiger partial charge is 0.374 e. The summed E-state index contributed by atoms with van der Waals surface area (Å²) in [5.41, 5.74) is 0. The van der Waals surface area contributed by atoms with Crippen LogP contribution in [0.4, 0.5) is 0 Å². The summed E-state index contributed by atoms with van der Waals surface area (Å²) in [5, 5.41) is 0. The summed E-state index contributed by atoms with van der Waals surface area (Å²) in [4.78, 5) is 11.8. The maximum absolute atomic E-state index is 12.0. The van der Waals surface area contributed by atoms with Gasteiger partial charge in [-0.1, -0.05) is 13.3 Å². The second-order valence-corrected chi connectivity index (χ2v) is 7.71. The Bertz CT molecular complexity index is 604. The topological polar surface area (TPSA) is 73.6 Å². The van der Waals surface area contributed by atoms with Crippen molar-refractivity contribution in [2.45, 2.75) is 50.5 Å². The molecule has 0 radical (unpaired) electrons. The van der Waals surface area contributed by atoms with Gasteiger partial charge in [0.2, 0.25) is 5.76 Å². The summed E-state index contributed by atoms with van der Waals surface area (Å²) >= 11 is 0. The van der Waals surface area contributed by atoms with Crippen LogP contribution in [0.25, 0.3) is 0 Å². The number of hydrogen-bond acceptors (Lipinski definition) is 5. The van der Waals surface area contributed by atoms with Crippen molar-refractivity contribution in [2.24, 2.45) is 5.92 Å². The minimum Gasteiger partial charge on any atom is -0.456 e. The SMILES string of the molecule is Cc1oc(C(=O)OC2CCCCC2C)cc1S(=O)(=O)Cl. The van der Waals surface area contributed by atoms with Crippen LogP contribution in [0, 0.1) is 12.8 Å². The van der Waals surface area contributed by atoms with Gasteiger partial charge >= 0.3 is 5.97 Å². The summed E-state index contributed by atoms with van der Waals surface area (Å²) in [7, 11) is 1.34. The molecule has 1 heterocycles. The first-order valence-corrected chi connectivity index (χ1v) is 8.86. The molecule has 112 valence electrons. The normalized spacial score (nSPS) is 23.6. The molecule has 1 saturated carbocycles. The highest BCUT2D eigenvalue weighted by molar-refractivity contribution is 8.13. The van der Waals surface area contributed by atoms with Gasteiger partial charge in [0.1, 0.15) is 16.8 Å². The number of rotatable bonds is 3. The van der Waals surface area contributed by atoms with E-state index in [2.05, 4.69) is 0 Å². The molecule has 2 rings (SSSR count). The van der Waals surface area contributed by atoms with Crippen molar-refractivity contribution in [2.75, 3.05) is 0 Å². The van der Waals surface area contributed by atoms with E-state index in [9.17, 15) is 13.2 Å². The zero-order chi connectivity index (χ0) is 14.9. The van der Waals surface area contributed by atoms with Crippen molar-refractivity contribution in [3.05, 3.63) is 17.6 Å². The van der Waals surface area contributed by atoms with Crippen LogP contribution in [-0.4, -0.2) is 20.5 Å². The lowest BCUT2D eigenvalue weighted by Crippen LogP contribution is -2.28. The van der Waals surface area contributed by atoms with Crippen LogP contribution in [0.1, 0.15) is 48.9 Å². The van der Waals surface area contributed by atoms with E-state index in [-0.39, 0.29) is 22.5 Å². The zero-order valence-electron chi connectivity index (χ0n) is 11.4. The third kappa shape index (κ3) is 3.35. The maximum Gasteiger partial charge on any atom is 0.374 e. The maximum atomic E-state index is 12.0. The summed E-state index contributed by atoms with van der Waals surface area (Å²) in [6.45, 7) is 3.48. The summed E-state index contributed by atoms with van der Waals surface area (Å²) in [5.74, 6) is -0.374. The number of halogens is 1. The van der Waals surface area contributed by atoms with Crippen LogP contribution in [-0.2, 0) is 13.8 Å². The van der Waals surface area contributed by atoms with Crippen LogP contribution in [0.5, 0.6) is 0 Å². The first kappa shape index (κ1) is 15.4. The summed E-state index contributed by atoms with van der Waals surface area (Å²) in [6, 6.07) is 1.12. The quantitative estimate of drug-likeness (QED) is 0.631. The van der Waals surface area contributed by atoms with E-state index in [0.717, 1.165) is 31.7 Å². The Hall–Kier alpha value is -1.01. The van der Waals surface area contributed by atoms with E-state index in [1.807, 2.05) is 6.92 Å². The van der Waals surface area contributed by atoms with Crippen molar-refractivity contribution in [3.63, 3.8) is 0 Å². The Kier molecular flexibility index (Phi) is 4.44. The predicted molar refractivity (Wildman–Crippen MR) is 73.3 cm³/mol. The van der Waals surface area contributed by atoms with Crippen molar-refractivity contribution in [1.29, 1.82) is 0 Å². The van der Waals surface area contributed by atoms with Crippen LogP contribution >= 0.6 is 10.7 Å². The van der Waals surface area contributed by atoms with Gasteiger partial charge < -0.3 is 9.15 Å². The van der Waals surface area contributed by atoms with Gasteiger partial charge in [-0.3, -0.25) is 0 Å². The first-order chi connectivity index (χ1) is 9.29. The fourth-order valence-corrected chi connectivity index (χ4v) is 3.55. The van der Waals surface area contributed by atoms with Gasteiger partial charge in [-0.15, -0.1) is 0 Å². The fourth-order valence-electron chi connectivity index (χ4n) is 2.46. The number of ether oxygens (including phenoxy) is 1. The number of carbonyl (C=O) groups excluding carboxylic acids is 1. The number of carbonyl (C=O) groups is 1. The number of esters is 1. The van der Waals surface area contributed by atoms with Crippen molar-refractivity contribution >= 4 is 25.7 Å².